The number of hydrogen-bond acceptors (Lipinski definition) is 4. The topological polar surface area (TPSA) is 67.9 Å². The van der Waals surface area contributed by atoms with Crippen LogP contribution in [0.1, 0.15) is 18.4 Å². The average molecular weight is 408 g/mol. The van der Waals surface area contributed by atoms with Crippen molar-refractivity contribution in [1.82, 2.24) is 0 Å². The van der Waals surface area contributed by atoms with E-state index in [2.05, 4.69) is 5.32 Å². The van der Waals surface area contributed by atoms with Gasteiger partial charge in [0.25, 0.3) is 5.91 Å². The van der Waals surface area contributed by atoms with E-state index in [1.54, 1.807) is 23.1 Å². The van der Waals surface area contributed by atoms with Gasteiger partial charge in [0.05, 0.1) is 18.4 Å². The summed E-state index contributed by atoms with van der Waals surface area (Å²) in [6.45, 7) is -0.00484. The Balaban J connectivity index is 1.66. The van der Waals surface area contributed by atoms with Gasteiger partial charge in [-0.15, -0.1) is 0 Å². The van der Waals surface area contributed by atoms with Crippen LogP contribution >= 0.6 is 0 Å². The van der Waals surface area contributed by atoms with Crippen molar-refractivity contribution in [3.05, 3.63) is 48.0 Å². The highest BCUT2D eigenvalue weighted by atomic mass is 19.4. The number of methoxy groups -OCH3 is 1. The summed E-state index contributed by atoms with van der Waals surface area (Å²) in [7, 11) is 1.45. The SMILES string of the molecule is COc1cc(NC(=O)COc2ccccc2C(F)(F)F)ccc1N1CCCC1=O. The van der Waals surface area contributed by atoms with Crippen LogP contribution in [0, 0.1) is 0 Å². The highest BCUT2D eigenvalue weighted by Gasteiger charge is 2.34. The number of amides is 2. The van der Waals surface area contributed by atoms with Crippen molar-refractivity contribution in [3.8, 4) is 11.5 Å². The van der Waals surface area contributed by atoms with Crippen LogP contribution in [0.25, 0.3) is 0 Å². The molecule has 0 aliphatic carbocycles. The number of nitrogens with zero attached hydrogens (tertiary/aromatic N) is 1. The third-order valence-electron chi connectivity index (χ3n) is 4.38. The molecule has 1 N–H and O–H groups in total. The van der Waals surface area contributed by atoms with Crippen molar-refractivity contribution < 1.29 is 32.2 Å². The zero-order valence-corrected chi connectivity index (χ0v) is 15.6. The Bertz CT molecular complexity index is 915. The molecule has 9 heteroatoms. The zero-order valence-electron chi connectivity index (χ0n) is 15.6. The molecule has 0 bridgehead atoms. The molecule has 2 aromatic carbocycles. The van der Waals surface area contributed by atoms with Gasteiger partial charge in [0.1, 0.15) is 11.5 Å². The molecule has 0 radical (unpaired) electrons. The molecule has 154 valence electrons. The van der Waals surface area contributed by atoms with E-state index in [9.17, 15) is 22.8 Å². The second kappa shape index (κ2) is 8.42. The van der Waals surface area contributed by atoms with E-state index < -0.39 is 30.0 Å². The van der Waals surface area contributed by atoms with E-state index in [4.69, 9.17) is 9.47 Å². The predicted molar refractivity (Wildman–Crippen MR) is 100 cm³/mol. The first-order valence-corrected chi connectivity index (χ1v) is 8.87. The summed E-state index contributed by atoms with van der Waals surface area (Å²) in [4.78, 5) is 25.7. The molecule has 1 saturated heterocycles. The maximum absolute atomic E-state index is 13.0. The van der Waals surface area contributed by atoms with Crippen molar-refractivity contribution in [2.75, 3.05) is 30.5 Å². The number of rotatable bonds is 6. The van der Waals surface area contributed by atoms with Crippen molar-refractivity contribution in [2.45, 2.75) is 19.0 Å². The van der Waals surface area contributed by atoms with Gasteiger partial charge in [-0.05, 0) is 30.7 Å². The van der Waals surface area contributed by atoms with Gasteiger partial charge in [-0.3, -0.25) is 9.59 Å². The number of para-hydroxylation sites is 1. The van der Waals surface area contributed by atoms with Gasteiger partial charge >= 0.3 is 6.18 Å². The molecular formula is C20H19F3N2O4. The highest BCUT2D eigenvalue weighted by Crippen LogP contribution is 2.36. The molecule has 0 unspecified atom stereocenters. The van der Waals surface area contributed by atoms with Crippen LogP contribution in [-0.4, -0.2) is 32.1 Å². The van der Waals surface area contributed by atoms with E-state index in [1.165, 1.54) is 19.2 Å². The molecule has 2 amide bonds. The molecule has 0 aromatic heterocycles. The predicted octanol–water partition coefficient (Wildman–Crippen LogP) is 3.86. The van der Waals surface area contributed by atoms with Crippen molar-refractivity contribution in [2.24, 2.45) is 0 Å². The molecule has 0 atom stereocenters. The quantitative estimate of drug-likeness (QED) is 0.788. The van der Waals surface area contributed by atoms with E-state index in [0.717, 1.165) is 18.6 Å². The van der Waals surface area contributed by atoms with Gasteiger partial charge in [0.15, 0.2) is 6.61 Å². The lowest BCUT2D eigenvalue weighted by Crippen LogP contribution is -2.24. The Labute approximate surface area is 165 Å². The van der Waals surface area contributed by atoms with Crippen LogP contribution in [0.15, 0.2) is 42.5 Å². The van der Waals surface area contributed by atoms with E-state index in [-0.39, 0.29) is 5.91 Å². The summed E-state index contributed by atoms with van der Waals surface area (Å²) in [6.07, 6.45) is -3.35. The monoisotopic (exact) mass is 408 g/mol. The number of carbonyl (C=O) groups is 2. The first kappa shape index (κ1) is 20.5. The number of carbonyl (C=O) groups excluding carboxylic acids is 2. The minimum absolute atomic E-state index is 0.00295. The lowest BCUT2D eigenvalue weighted by Gasteiger charge is -2.19. The molecule has 0 spiro atoms. The van der Waals surface area contributed by atoms with Gasteiger partial charge in [-0.25, -0.2) is 0 Å². The minimum Gasteiger partial charge on any atom is -0.494 e. The van der Waals surface area contributed by atoms with Crippen molar-refractivity contribution in [1.29, 1.82) is 0 Å². The Hall–Kier alpha value is -3.23. The van der Waals surface area contributed by atoms with Gasteiger partial charge in [-0.1, -0.05) is 12.1 Å². The molecule has 1 aliphatic rings. The fourth-order valence-corrected chi connectivity index (χ4v) is 3.05. The van der Waals surface area contributed by atoms with Crippen LogP contribution < -0.4 is 19.7 Å². The number of hydrogen-bond donors (Lipinski definition) is 1. The summed E-state index contributed by atoms with van der Waals surface area (Å²) in [6, 6.07) is 9.46. The second-order valence-electron chi connectivity index (χ2n) is 6.37. The Kier molecular flexibility index (Phi) is 5.95. The molecular weight excluding hydrogens is 389 g/mol. The van der Waals surface area contributed by atoms with E-state index in [1.807, 2.05) is 0 Å². The van der Waals surface area contributed by atoms with E-state index in [0.29, 0.717) is 30.1 Å². The van der Waals surface area contributed by atoms with Gasteiger partial charge < -0.3 is 19.7 Å². The molecule has 1 fully saturated rings. The Morgan fingerprint density at radius 2 is 1.93 bits per heavy atom. The van der Waals surface area contributed by atoms with Gasteiger partial charge in [0.2, 0.25) is 5.91 Å². The third-order valence-corrected chi connectivity index (χ3v) is 4.38. The number of anilines is 2. The second-order valence-corrected chi connectivity index (χ2v) is 6.37. The first-order chi connectivity index (χ1) is 13.8. The van der Waals surface area contributed by atoms with Crippen LogP contribution in [0.3, 0.4) is 0 Å². The minimum atomic E-state index is -4.58. The number of nitrogens with one attached hydrogen (secondary N) is 1. The van der Waals surface area contributed by atoms with Gasteiger partial charge in [0, 0.05) is 24.7 Å². The number of halogens is 3. The summed E-state index contributed by atoms with van der Waals surface area (Å²) >= 11 is 0. The summed E-state index contributed by atoms with van der Waals surface area (Å²) < 4.78 is 49.3. The molecule has 29 heavy (non-hydrogen) atoms. The largest absolute Gasteiger partial charge is 0.494 e. The number of benzene rings is 2. The lowest BCUT2D eigenvalue weighted by molar-refractivity contribution is -0.139. The fraction of sp³-hybridized carbons (Fsp3) is 0.300. The molecule has 1 heterocycles. The van der Waals surface area contributed by atoms with Crippen LogP contribution in [0.5, 0.6) is 11.5 Å². The Morgan fingerprint density at radius 1 is 1.17 bits per heavy atom. The summed E-state index contributed by atoms with van der Waals surface area (Å²) in [5.74, 6) is -0.650. The average Bonchev–Trinajstić information content (AvgIpc) is 3.11. The maximum atomic E-state index is 13.0. The van der Waals surface area contributed by atoms with Crippen LogP contribution in [0.4, 0.5) is 24.5 Å². The molecule has 1 aliphatic heterocycles. The summed E-state index contributed by atoms with van der Waals surface area (Å²) in [5, 5.41) is 2.55. The molecule has 3 rings (SSSR count). The van der Waals surface area contributed by atoms with Crippen LogP contribution in [-0.2, 0) is 15.8 Å². The molecule has 0 saturated carbocycles. The number of alkyl halides is 3. The normalized spacial score (nSPS) is 14.1. The fourth-order valence-electron chi connectivity index (χ4n) is 3.05. The highest BCUT2D eigenvalue weighted by molar-refractivity contribution is 5.98. The standard InChI is InChI=1S/C20H19F3N2O4/c1-28-17-11-13(8-9-15(17)25-10-4-7-19(25)27)24-18(26)12-29-16-6-3-2-5-14(16)20(21,22)23/h2-3,5-6,8-9,11H,4,7,10,12H2,1H3,(H,24,26). The third kappa shape index (κ3) is 4.79. The van der Waals surface area contributed by atoms with E-state index >= 15 is 0 Å². The maximum Gasteiger partial charge on any atom is 0.419 e. The zero-order chi connectivity index (χ0) is 21.0. The first-order valence-electron chi connectivity index (χ1n) is 8.87. The lowest BCUT2D eigenvalue weighted by atomic mass is 10.2. The number of ether oxygens (including phenoxy) is 2. The van der Waals surface area contributed by atoms with Crippen molar-refractivity contribution in [3.63, 3.8) is 0 Å². The van der Waals surface area contributed by atoms with Crippen LogP contribution in [0.2, 0.25) is 0 Å². The smallest absolute Gasteiger partial charge is 0.419 e. The molecule has 2 aromatic rings. The summed E-state index contributed by atoms with van der Waals surface area (Å²) in [5.41, 5.74) is 0.0207. The van der Waals surface area contributed by atoms with Gasteiger partial charge in [-0.2, -0.15) is 13.2 Å². The molecule has 6 nitrogen and oxygen atoms in total. The Morgan fingerprint density at radius 3 is 2.59 bits per heavy atom. The van der Waals surface area contributed by atoms with Crippen molar-refractivity contribution >= 4 is 23.2 Å².